The first kappa shape index (κ1) is 14.8. The molecule has 20 heavy (non-hydrogen) atoms. The van der Waals surface area contributed by atoms with E-state index in [2.05, 4.69) is 17.1 Å². The van der Waals surface area contributed by atoms with Crippen molar-refractivity contribution in [3.05, 3.63) is 24.3 Å². The van der Waals surface area contributed by atoms with Crippen molar-refractivity contribution in [2.24, 2.45) is 11.7 Å². The van der Waals surface area contributed by atoms with Gasteiger partial charge in [-0.15, -0.1) is 0 Å². The third-order valence-corrected chi connectivity index (χ3v) is 3.85. The quantitative estimate of drug-likeness (QED) is 0.870. The number of anilines is 1. The zero-order chi connectivity index (χ0) is 14.5. The van der Waals surface area contributed by atoms with Gasteiger partial charge < -0.3 is 15.8 Å². The van der Waals surface area contributed by atoms with Crippen LogP contribution in [0.25, 0.3) is 0 Å². The lowest BCUT2D eigenvalue weighted by Crippen LogP contribution is -2.49. The number of nitrogens with two attached hydrogens (primary N) is 1. The summed E-state index contributed by atoms with van der Waals surface area (Å²) in [6.07, 6.45) is 1.04. The molecule has 1 aliphatic heterocycles. The minimum atomic E-state index is -0.0312. The topological polar surface area (TPSA) is 67.6 Å². The van der Waals surface area contributed by atoms with Crippen LogP contribution in [0, 0.1) is 5.92 Å². The van der Waals surface area contributed by atoms with Crippen molar-refractivity contribution < 1.29 is 9.53 Å². The molecule has 1 heterocycles. The van der Waals surface area contributed by atoms with Crippen molar-refractivity contribution in [3.63, 3.8) is 0 Å². The molecule has 0 bridgehead atoms. The molecule has 1 amide bonds. The van der Waals surface area contributed by atoms with E-state index in [1.54, 1.807) is 7.11 Å². The van der Waals surface area contributed by atoms with Crippen molar-refractivity contribution in [1.82, 2.24) is 4.90 Å². The molecule has 1 aromatic rings. The average molecular weight is 277 g/mol. The Balaban J connectivity index is 1.89. The van der Waals surface area contributed by atoms with Crippen molar-refractivity contribution in [2.45, 2.75) is 19.4 Å². The summed E-state index contributed by atoms with van der Waals surface area (Å²) in [5.41, 5.74) is 6.75. The predicted octanol–water partition coefficient (Wildman–Crippen LogP) is 1.30. The summed E-state index contributed by atoms with van der Waals surface area (Å²) in [5.74, 6) is 1.17. The summed E-state index contributed by atoms with van der Waals surface area (Å²) in [5, 5.41) is 2.89. The van der Waals surface area contributed by atoms with Gasteiger partial charge in [0.25, 0.3) is 0 Å². The van der Waals surface area contributed by atoms with Crippen LogP contribution in [0.5, 0.6) is 5.75 Å². The first-order valence-corrected chi connectivity index (χ1v) is 7.01. The lowest BCUT2D eigenvalue weighted by molar-refractivity contribution is -0.117. The number of methoxy groups -OCH3 is 1. The van der Waals surface area contributed by atoms with E-state index in [1.807, 2.05) is 24.3 Å². The molecule has 0 aliphatic carbocycles. The fourth-order valence-electron chi connectivity index (χ4n) is 2.45. The number of hydrogen-bond acceptors (Lipinski definition) is 4. The summed E-state index contributed by atoms with van der Waals surface area (Å²) in [4.78, 5) is 14.2. The molecule has 110 valence electrons. The molecule has 5 nitrogen and oxygen atoms in total. The Labute approximate surface area is 120 Å². The Morgan fingerprint density at radius 1 is 1.50 bits per heavy atom. The molecule has 3 N–H and O–H groups in total. The van der Waals surface area contributed by atoms with E-state index in [1.165, 1.54) is 0 Å². The first-order valence-electron chi connectivity index (χ1n) is 7.01. The van der Waals surface area contributed by atoms with E-state index in [4.69, 9.17) is 10.5 Å². The number of carbonyl (C=O) groups excluding carboxylic acids is 1. The number of nitrogens with zero attached hydrogens (tertiary/aromatic N) is 1. The van der Waals surface area contributed by atoms with Gasteiger partial charge in [0.15, 0.2) is 0 Å². The molecular formula is C15H23N3O2. The SMILES string of the molecule is COc1ccccc1NC(=O)CN1CCC(C)C(N)C1. The Morgan fingerprint density at radius 3 is 2.95 bits per heavy atom. The molecule has 0 aromatic heterocycles. The average Bonchev–Trinajstić information content (AvgIpc) is 2.43. The van der Waals surface area contributed by atoms with Crippen LogP contribution in [0.2, 0.25) is 0 Å². The van der Waals surface area contributed by atoms with Crippen LogP contribution in [0.3, 0.4) is 0 Å². The number of carbonyl (C=O) groups is 1. The minimum absolute atomic E-state index is 0.0312. The number of benzene rings is 1. The summed E-state index contributed by atoms with van der Waals surface area (Å²) in [6.45, 7) is 4.24. The Morgan fingerprint density at radius 2 is 2.25 bits per heavy atom. The molecule has 1 aliphatic rings. The van der Waals surface area contributed by atoms with Gasteiger partial charge in [-0.2, -0.15) is 0 Å². The smallest absolute Gasteiger partial charge is 0.238 e. The highest BCUT2D eigenvalue weighted by Crippen LogP contribution is 2.23. The summed E-state index contributed by atoms with van der Waals surface area (Å²) < 4.78 is 5.22. The van der Waals surface area contributed by atoms with E-state index in [0.717, 1.165) is 19.5 Å². The van der Waals surface area contributed by atoms with Crippen LogP contribution in [0.15, 0.2) is 24.3 Å². The summed E-state index contributed by atoms with van der Waals surface area (Å²) in [7, 11) is 1.59. The van der Waals surface area contributed by atoms with Crippen LogP contribution >= 0.6 is 0 Å². The van der Waals surface area contributed by atoms with Crippen molar-refractivity contribution in [1.29, 1.82) is 0 Å². The first-order chi connectivity index (χ1) is 9.60. The Hall–Kier alpha value is -1.59. The number of para-hydroxylation sites is 2. The van der Waals surface area contributed by atoms with Gasteiger partial charge in [-0.3, -0.25) is 9.69 Å². The number of piperidine rings is 1. The van der Waals surface area contributed by atoms with Crippen LogP contribution in [-0.2, 0) is 4.79 Å². The van der Waals surface area contributed by atoms with Crippen LogP contribution in [-0.4, -0.2) is 43.6 Å². The van der Waals surface area contributed by atoms with E-state index in [9.17, 15) is 4.79 Å². The molecule has 1 aromatic carbocycles. The summed E-state index contributed by atoms with van der Waals surface area (Å²) in [6, 6.07) is 7.56. The molecule has 2 unspecified atom stereocenters. The van der Waals surface area contributed by atoms with Gasteiger partial charge in [-0.25, -0.2) is 0 Å². The summed E-state index contributed by atoms with van der Waals surface area (Å²) >= 11 is 0. The zero-order valence-corrected chi connectivity index (χ0v) is 12.1. The van der Waals surface area contributed by atoms with E-state index in [0.29, 0.717) is 23.9 Å². The Kier molecular flexibility index (Phi) is 4.98. The fourth-order valence-corrected chi connectivity index (χ4v) is 2.45. The normalized spacial score (nSPS) is 23.4. The van der Waals surface area contributed by atoms with Gasteiger partial charge in [0.2, 0.25) is 5.91 Å². The molecule has 0 spiro atoms. The monoisotopic (exact) mass is 277 g/mol. The van der Waals surface area contributed by atoms with Gasteiger partial charge in [0.1, 0.15) is 5.75 Å². The van der Waals surface area contributed by atoms with Gasteiger partial charge in [-0.05, 0) is 31.0 Å². The van der Waals surface area contributed by atoms with Gasteiger partial charge >= 0.3 is 0 Å². The molecule has 0 saturated carbocycles. The molecule has 0 radical (unpaired) electrons. The maximum Gasteiger partial charge on any atom is 0.238 e. The minimum Gasteiger partial charge on any atom is -0.495 e. The van der Waals surface area contributed by atoms with E-state index in [-0.39, 0.29) is 11.9 Å². The number of ether oxygens (including phenoxy) is 1. The lowest BCUT2D eigenvalue weighted by atomic mass is 9.94. The van der Waals surface area contributed by atoms with E-state index >= 15 is 0 Å². The third-order valence-electron chi connectivity index (χ3n) is 3.85. The number of amides is 1. The highest BCUT2D eigenvalue weighted by Gasteiger charge is 2.24. The van der Waals surface area contributed by atoms with Crippen LogP contribution in [0.1, 0.15) is 13.3 Å². The second kappa shape index (κ2) is 6.72. The van der Waals surface area contributed by atoms with Crippen LogP contribution < -0.4 is 15.8 Å². The predicted molar refractivity (Wildman–Crippen MR) is 79.8 cm³/mol. The van der Waals surface area contributed by atoms with Crippen molar-refractivity contribution >= 4 is 11.6 Å². The number of nitrogens with one attached hydrogen (secondary N) is 1. The fraction of sp³-hybridized carbons (Fsp3) is 0.533. The molecular weight excluding hydrogens is 254 g/mol. The van der Waals surface area contributed by atoms with Crippen molar-refractivity contribution in [3.8, 4) is 5.75 Å². The molecule has 2 atom stereocenters. The second-order valence-electron chi connectivity index (χ2n) is 5.41. The molecule has 1 fully saturated rings. The number of likely N-dealkylation sites (tertiary alicyclic amines) is 1. The second-order valence-corrected chi connectivity index (χ2v) is 5.41. The number of rotatable bonds is 4. The standard InChI is InChI=1S/C15H23N3O2/c1-11-7-8-18(9-12(11)16)10-15(19)17-13-5-3-4-6-14(13)20-2/h3-6,11-12H,7-10,16H2,1-2H3,(H,17,19). The van der Waals surface area contributed by atoms with Gasteiger partial charge in [0, 0.05) is 12.6 Å². The molecule has 5 heteroatoms. The maximum absolute atomic E-state index is 12.1. The lowest BCUT2D eigenvalue weighted by Gasteiger charge is -2.34. The molecule has 2 rings (SSSR count). The third kappa shape index (κ3) is 3.71. The van der Waals surface area contributed by atoms with Crippen molar-refractivity contribution in [2.75, 3.05) is 32.1 Å². The highest BCUT2D eigenvalue weighted by atomic mass is 16.5. The van der Waals surface area contributed by atoms with Crippen LogP contribution in [0.4, 0.5) is 5.69 Å². The Bertz CT molecular complexity index is 464. The van der Waals surface area contributed by atoms with Gasteiger partial charge in [0.05, 0.1) is 19.3 Å². The van der Waals surface area contributed by atoms with Gasteiger partial charge in [-0.1, -0.05) is 19.1 Å². The number of hydrogen-bond donors (Lipinski definition) is 2. The highest BCUT2D eigenvalue weighted by molar-refractivity contribution is 5.93. The molecule has 1 saturated heterocycles. The largest absolute Gasteiger partial charge is 0.495 e. The van der Waals surface area contributed by atoms with E-state index < -0.39 is 0 Å². The maximum atomic E-state index is 12.1. The zero-order valence-electron chi connectivity index (χ0n) is 12.1.